The standard InChI is InChI=1S/C47H42N2P2/c1-7-21-38(22-8-1)46(48-35-36-50(41-26-11-3-12-27-41)42-28-13-4-14-29-42)47(39-23-9-2-10-24-39)49-37-40-25-19-20-34-45(40)51(43-30-15-5-16-31-43)44-32-17-6-18-33-44/h1-35,46-47,49H,36-37H2/b48-35+/t46-,47-/m0/s1. The van der Waals surface area contributed by atoms with Gasteiger partial charge < -0.3 is 5.32 Å². The Morgan fingerprint density at radius 2 is 0.863 bits per heavy atom. The number of hydrogen-bond acceptors (Lipinski definition) is 2. The molecule has 0 heterocycles. The van der Waals surface area contributed by atoms with E-state index in [-0.39, 0.29) is 12.1 Å². The van der Waals surface area contributed by atoms with Crippen molar-refractivity contribution < 1.29 is 0 Å². The second-order valence-electron chi connectivity index (χ2n) is 12.4. The smallest absolute Gasteiger partial charge is 0.0939 e. The SMILES string of the molecule is C(/CP(c1ccccc1)c1ccccc1)=N\[C@@H](c1ccccc1)[C@@H](NCc1ccccc1P(c1ccccc1)c1ccccc1)c1ccccc1. The third kappa shape index (κ3) is 8.86. The van der Waals surface area contributed by atoms with E-state index in [1.807, 2.05) is 0 Å². The van der Waals surface area contributed by atoms with Gasteiger partial charge in [0.25, 0.3) is 0 Å². The molecule has 0 radical (unpaired) electrons. The highest BCUT2D eigenvalue weighted by Gasteiger charge is 2.26. The van der Waals surface area contributed by atoms with Crippen LogP contribution in [-0.4, -0.2) is 12.4 Å². The van der Waals surface area contributed by atoms with Gasteiger partial charge in [-0.3, -0.25) is 4.99 Å². The zero-order valence-corrected chi connectivity index (χ0v) is 30.4. The molecule has 0 aliphatic heterocycles. The maximum atomic E-state index is 5.46. The number of nitrogens with one attached hydrogen (secondary N) is 1. The van der Waals surface area contributed by atoms with Crippen molar-refractivity contribution in [2.45, 2.75) is 18.6 Å². The van der Waals surface area contributed by atoms with Gasteiger partial charge in [0.05, 0.1) is 12.1 Å². The van der Waals surface area contributed by atoms with Gasteiger partial charge in [0.2, 0.25) is 0 Å². The molecule has 0 aliphatic carbocycles. The Kier molecular flexibility index (Phi) is 12.0. The lowest BCUT2D eigenvalue weighted by molar-refractivity contribution is 0.455. The molecule has 0 aliphatic rings. The van der Waals surface area contributed by atoms with Crippen LogP contribution in [0.4, 0.5) is 0 Å². The van der Waals surface area contributed by atoms with Crippen molar-refractivity contribution in [3.63, 3.8) is 0 Å². The third-order valence-electron chi connectivity index (χ3n) is 9.06. The van der Waals surface area contributed by atoms with Crippen LogP contribution in [0, 0.1) is 0 Å². The second kappa shape index (κ2) is 17.8. The van der Waals surface area contributed by atoms with Gasteiger partial charge in [0.15, 0.2) is 0 Å². The molecule has 2 nitrogen and oxygen atoms in total. The van der Waals surface area contributed by atoms with E-state index in [2.05, 4.69) is 218 Å². The number of nitrogens with zero attached hydrogens (tertiary/aromatic N) is 1. The van der Waals surface area contributed by atoms with Crippen LogP contribution in [-0.2, 0) is 6.54 Å². The Morgan fingerprint density at radius 3 is 1.37 bits per heavy atom. The summed E-state index contributed by atoms with van der Waals surface area (Å²) in [5.74, 6) is 0. The van der Waals surface area contributed by atoms with Crippen molar-refractivity contribution in [3.05, 3.63) is 223 Å². The number of hydrogen-bond donors (Lipinski definition) is 1. The van der Waals surface area contributed by atoms with E-state index < -0.39 is 15.8 Å². The Morgan fingerprint density at radius 1 is 0.451 bits per heavy atom. The Labute approximate surface area is 305 Å². The Bertz CT molecular complexity index is 2000. The molecular weight excluding hydrogens is 654 g/mol. The number of benzene rings is 7. The van der Waals surface area contributed by atoms with Crippen molar-refractivity contribution in [2.24, 2.45) is 4.99 Å². The molecule has 51 heavy (non-hydrogen) atoms. The lowest BCUT2D eigenvalue weighted by Gasteiger charge is -2.28. The van der Waals surface area contributed by atoms with Crippen LogP contribution in [0.1, 0.15) is 28.8 Å². The van der Waals surface area contributed by atoms with Crippen LogP contribution in [0.3, 0.4) is 0 Å². The summed E-state index contributed by atoms with van der Waals surface area (Å²) in [5, 5.41) is 10.9. The van der Waals surface area contributed by atoms with Crippen LogP contribution in [0.5, 0.6) is 0 Å². The largest absolute Gasteiger partial charge is 0.304 e. The summed E-state index contributed by atoms with van der Waals surface area (Å²) >= 11 is 0. The van der Waals surface area contributed by atoms with Gasteiger partial charge in [-0.1, -0.05) is 206 Å². The fourth-order valence-corrected chi connectivity index (χ4v) is 11.1. The van der Waals surface area contributed by atoms with Crippen molar-refractivity contribution in [1.82, 2.24) is 5.32 Å². The maximum absolute atomic E-state index is 5.46. The van der Waals surface area contributed by atoms with Gasteiger partial charge in [-0.15, -0.1) is 0 Å². The topological polar surface area (TPSA) is 24.4 Å². The molecular formula is C47H42N2P2. The zero-order valence-electron chi connectivity index (χ0n) is 28.6. The van der Waals surface area contributed by atoms with Gasteiger partial charge in [0, 0.05) is 18.9 Å². The van der Waals surface area contributed by atoms with Crippen LogP contribution >= 0.6 is 15.8 Å². The summed E-state index contributed by atoms with van der Waals surface area (Å²) in [6.07, 6.45) is 3.06. The molecule has 0 unspecified atom stereocenters. The molecule has 7 rings (SSSR count). The molecule has 2 atom stereocenters. The molecule has 1 N–H and O–H groups in total. The normalized spacial score (nSPS) is 12.7. The highest BCUT2D eigenvalue weighted by atomic mass is 31.1. The summed E-state index contributed by atoms with van der Waals surface area (Å²) in [7, 11) is -1.33. The van der Waals surface area contributed by atoms with E-state index in [1.165, 1.54) is 43.2 Å². The average molecular weight is 697 g/mol. The minimum Gasteiger partial charge on any atom is -0.304 e. The molecule has 0 aromatic heterocycles. The van der Waals surface area contributed by atoms with Crippen molar-refractivity contribution in [1.29, 1.82) is 0 Å². The van der Waals surface area contributed by atoms with Gasteiger partial charge in [-0.25, -0.2) is 0 Å². The predicted octanol–water partition coefficient (Wildman–Crippen LogP) is 9.22. The summed E-state index contributed by atoms with van der Waals surface area (Å²) < 4.78 is 0. The molecule has 0 spiro atoms. The molecule has 0 bridgehead atoms. The van der Waals surface area contributed by atoms with E-state index in [9.17, 15) is 0 Å². The molecule has 250 valence electrons. The summed E-state index contributed by atoms with van der Waals surface area (Å²) in [6.45, 7) is 0.716. The molecule has 7 aromatic carbocycles. The number of aliphatic imine (C=N–C) groups is 1. The van der Waals surface area contributed by atoms with E-state index >= 15 is 0 Å². The van der Waals surface area contributed by atoms with E-state index in [0.29, 0.717) is 6.54 Å². The van der Waals surface area contributed by atoms with E-state index in [0.717, 1.165) is 6.16 Å². The van der Waals surface area contributed by atoms with Crippen LogP contribution in [0.25, 0.3) is 0 Å². The first-order valence-corrected chi connectivity index (χ1v) is 20.4. The van der Waals surface area contributed by atoms with Crippen molar-refractivity contribution >= 4 is 48.6 Å². The van der Waals surface area contributed by atoms with Gasteiger partial charge in [-0.2, -0.15) is 0 Å². The van der Waals surface area contributed by atoms with Crippen LogP contribution in [0.2, 0.25) is 0 Å². The lowest BCUT2D eigenvalue weighted by Crippen LogP contribution is -2.30. The fourth-order valence-electron chi connectivity index (χ4n) is 6.58. The van der Waals surface area contributed by atoms with Gasteiger partial charge in [-0.05, 0) is 59.1 Å². The Balaban J connectivity index is 1.24. The lowest BCUT2D eigenvalue weighted by atomic mass is 9.93. The minimum atomic E-state index is -0.740. The molecule has 0 saturated heterocycles. The van der Waals surface area contributed by atoms with E-state index in [4.69, 9.17) is 4.99 Å². The highest BCUT2D eigenvalue weighted by Crippen LogP contribution is 2.37. The van der Waals surface area contributed by atoms with Crippen LogP contribution in [0.15, 0.2) is 211 Å². The van der Waals surface area contributed by atoms with Crippen molar-refractivity contribution in [3.8, 4) is 0 Å². The summed E-state index contributed by atoms with van der Waals surface area (Å²) in [5.41, 5.74) is 3.73. The zero-order chi connectivity index (χ0) is 34.5. The fraction of sp³-hybridized carbons (Fsp3) is 0.0851. The van der Waals surface area contributed by atoms with Gasteiger partial charge >= 0.3 is 0 Å². The van der Waals surface area contributed by atoms with E-state index in [1.54, 1.807) is 0 Å². The summed E-state index contributed by atoms with van der Waals surface area (Å²) in [4.78, 5) is 5.46. The molecule has 7 aromatic rings. The molecule has 0 amide bonds. The minimum absolute atomic E-state index is 0.0442. The monoisotopic (exact) mass is 696 g/mol. The average Bonchev–Trinajstić information content (AvgIpc) is 3.21. The highest BCUT2D eigenvalue weighted by molar-refractivity contribution is 7.80. The molecule has 0 fully saturated rings. The first kappa shape index (κ1) is 34.5. The Hall–Kier alpha value is -4.97. The first-order chi connectivity index (χ1) is 25.3. The number of rotatable bonds is 14. The molecule has 4 heteroatoms. The second-order valence-corrected chi connectivity index (χ2v) is 16.8. The van der Waals surface area contributed by atoms with Gasteiger partial charge in [0.1, 0.15) is 0 Å². The maximum Gasteiger partial charge on any atom is 0.0939 e. The first-order valence-electron chi connectivity index (χ1n) is 17.6. The quantitative estimate of drug-likeness (QED) is 0.0890. The van der Waals surface area contributed by atoms with Crippen LogP contribution < -0.4 is 31.8 Å². The predicted molar refractivity (Wildman–Crippen MR) is 223 cm³/mol. The third-order valence-corrected chi connectivity index (χ3v) is 14.0. The molecule has 0 saturated carbocycles. The van der Waals surface area contributed by atoms with Crippen molar-refractivity contribution in [2.75, 3.05) is 6.16 Å². The summed E-state index contributed by atoms with van der Waals surface area (Å²) in [6, 6.07) is 74.1.